The number of allylic oxidation sites excluding steroid dienone is 26. The lowest BCUT2D eigenvalue weighted by molar-refractivity contribution is -0.161. The maximum Gasteiger partial charge on any atom is 0.306 e. The predicted octanol–water partition coefficient (Wildman–Crippen LogP) is 20.7. The second-order valence-corrected chi connectivity index (χ2v) is 19.3. The van der Waals surface area contributed by atoms with Crippen molar-refractivity contribution in [1.29, 1.82) is 0 Å². The van der Waals surface area contributed by atoms with E-state index >= 15 is 0 Å². The molecule has 0 fully saturated rings. The van der Waals surface area contributed by atoms with E-state index in [1.54, 1.807) is 0 Å². The SMILES string of the molecule is CC/C=C\C/C=C\C/C=C\C/C=C\C/C=C\C/C=C\C/C=C\CCCCCCCC(=O)OC(CO)COC(=O)CCCCCCCCCCCCCCCC/C=C\C/C=C\C/C=C\C/C=C\C/C=C\C/C=C\CC. The minimum Gasteiger partial charge on any atom is -0.462 e. The van der Waals surface area contributed by atoms with E-state index in [2.05, 4.69) is 172 Å². The molecule has 5 heteroatoms. The van der Waals surface area contributed by atoms with E-state index in [1.165, 1.54) is 77.0 Å². The van der Waals surface area contributed by atoms with Crippen LogP contribution in [0.4, 0.5) is 0 Å². The fraction of sp³-hybridized carbons (Fsp3) is 0.594. The van der Waals surface area contributed by atoms with E-state index in [1.807, 2.05) is 0 Å². The molecule has 5 nitrogen and oxygen atoms in total. The molecule has 0 radical (unpaired) electrons. The molecule has 0 heterocycles. The van der Waals surface area contributed by atoms with E-state index in [4.69, 9.17) is 9.47 Å². The van der Waals surface area contributed by atoms with Crippen molar-refractivity contribution in [2.24, 2.45) is 0 Å². The first kappa shape index (κ1) is 69.5. The lowest BCUT2D eigenvalue weighted by Gasteiger charge is -2.15. The minimum atomic E-state index is -0.796. The molecule has 0 aliphatic heterocycles. The zero-order chi connectivity index (χ0) is 53.4. The summed E-state index contributed by atoms with van der Waals surface area (Å²) in [5.74, 6) is -0.621. The number of unbranched alkanes of at least 4 members (excludes halogenated alkanes) is 19. The molecule has 1 atom stereocenters. The van der Waals surface area contributed by atoms with Crippen LogP contribution in [0.2, 0.25) is 0 Å². The Labute approximate surface area is 456 Å². The third-order valence-corrected chi connectivity index (χ3v) is 12.3. The van der Waals surface area contributed by atoms with Gasteiger partial charge in [0.2, 0.25) is 0 Å². The molecule has 74 heavy (non-hydrogen) atoms. The van der Waals surface area contributed by atoms with Crippen LogP contribution in [0.15, 0.2) is 158 Å². The van der Waals surface area contributed by atoms with E-state index in [9.17, 15) is 14.7 Å². The van der Waals surface area contributed by atoms with Crippen molar-refractivity contribution >= 4 is 11.9 Å². The van der Waals surface area contributed by atoms with E-state index in [0.29, 0.717) is 12.8 Å². The van der Waals surface area contributed by atoms with Gasteiger partial charge in [-0.1, -0.05) is 268 Å². The van der Waals surface area contributed by atoms with Crippen LogP contribution >= 0.6 is 0 Å². The second-order valence-electron chi connectivity index (χ2n) is 19.3. The van der Waals surface area contributed by atoms with Crippen molar-refractivity contribution < 1.29 is 24.2 Å². The van der Waals surface area contributed by atoms with Crippen molar-refractivity contribution in [3.8, 4) is 0 Å². The highest BCUT2D eigenvalue weighted by molar-refractivity contribution is 5.70. The van der Waals surface area contributed by atoms with Gasteiger partial charge in [0, 0.05) is 12.8 Å². The summed E-state index contributed by atoms with van der Waals surface area (Å²) in [6, 6.07) is 0. The molecule has 0 rings (SSSR count). The highest BCUT2D eigenvalue weighted by Gasteiger charge is 2.16. The Balaban J connectivity index is 3.58. The summed E-state index contributed by atoms with van der Waals surface area (Å²) in [6.45, 7) is 3.89. The summed E-state index contributed by atoms with van der Waals surface area (Å²) >= 11 is 0. The number of hydrogen-bond acceptors (Lipinski definition) is 5. The third kappa shape index (κ3) is 60.1. The van der Waals surface area contributed by atoms with E-state index in [0.717, 1.165) is 141 Å². The number of aliphatic hydroxyl groups is 1. The smallest absolute Gasteiger partial charge is 0.306 e. The number of ether oxygens (including phenoxy) is 2. The molecule has 416 valence electrons. The van der Waals surface area contributed by atoms with Gasteiger partial charge in [0.25, 0.3) is 0 Å². The number of aliphatic hydroxyl groups excluding tert-OH is 1. The average Bonchev–Trinajstić information content (AvgIpc) is 3.40. The van der Waals surface area contributed by atoms with Crippen LogP contribution in [-0.2, 0) is 19.1 Å². The Bertz CT molecular complexity index is 1620. The van der Waals surface area contributed by atoms with Gasteiger partial charge in [-0.15, -0.1) is 0 Å². The molecule has 0 aromatic heterocycles. The molecule has 0 saturated carbocycles. The monoisotopic (exact) mass is 1020 g/mol. The van der Waals surface area contributed by atoms with Crippen LogP contribution in [0.3, 0.4) is 0 Å². The topological polar surface area (TPSA) is 72.8 Å². The molecule has 0 saturated heterocycles. The van der Waals surface area contributed by atoms with Crippen molar-refractivity contribution in [2.45, 2.75) is 251 Å². The van der Waals surface area contributed by atoms with E-state index in [-0.39, 0.29) is 25.2 Å². The Morgan fingerprint density at radius 3 is 0.811 bits per heavy atom. The second kappa shape index (κ2) is 62.8. The minimum absolute atomic E-state index is 0.0836. The maximum atomic E-state index is 12.3. The first-order chi connectivity index (χ1) is 36.6. The van der Waals surface area contributed by atoms with Crippen LogP contribution in [0, 0.1) is 0 Å². The average molecular weight is 1020 g/mol. The van der Waals surface area contributed by atoms with Gasteiger partial charge in [-0.3, -0.25) is 9.59 Å². The van der Waals surface area contributed by atoms with Gasteiger partial charge in [-0.05, 0) is 122 Å². The Morgan fingerprint density at radius 1 is 0.311 bits per heavy atom. The lowest BCUT2D eigenvalue weighted by atomic mass is 10.0. The quantitative estimate of drug-likeness (QED) is 0.0373. The Kier molecular flexibility index (Phi) is 59.0. The van der Waals surface area contributed by atoms with Crippen LogP contribution in [0.1, 0.15) is 245 Å². The summed E-state index contributed by atoms with van der Waals surface area (Å²) in [5.41, 5.74) is 0. The predicted molar refractivity (Wildman–Crippen MR) is 324 cm³/mol. The zero-order valence-corrected chi connectivity index (χ0v) is 47.5. The van der Waals surface area contributed by atoms with Crippen LogP contribution in [-0.4, -0.2) is 36.4 Å². The summed E-state index contributed by atoms with van der Waals surface area (Å²) in [6.07, 6.45) is 96.4. The first-order valence-corrected chi connectivity index (χ1v) is 30.0. The number of esters is 2. The van der Waals surface area contributed by atoms with Gasteiger partial charge in [-0.2, -0.15) is 0 Å². The summed E-state index contributed by atoms with van der Waals surface area (Å²) < 4.78 is 10.7. The lowest BCUT2D eigenvalue weighted by Crippen LogP contribution is -2.28. The third-order valence-electron chi connectivity index (χ3n) is 12.3. The molecule has 0 aromatic carbocycles. The summed E-state index contributed by atoms with van der Waals surface area (Å²) in [4.78, 5) is 24.6. The van der Waals surface area contributed by atoms with Gasteiger partial charge >= 0.3 is 11.9 Å². The first-order valence-electron chi connectivity index (χ1n) is 30.0. The summed E-state index contributed by atoms with van der Waals surface area (Å²) in [5, 5.41) is 9.67. The van der Waals surface area contributed by atoms with Gasteiger partial charge in [-0.25, -0.2) is 0 Å². The molecule has 1 N–H and O–H groups in total. The Hall–Kier alpha value is -4.48. The number of carbonyl (C=O) groups excluding carboxylic acids is 2. The van der Waals surface area contributed by atoms with Gasteiger partial charge in [0.05, 0.1) is 6.61 Å². The van der Waals surface area contributed by atoms with Crippen molar-refractivity contribution in [2.75, 3.05) is 13.2 Å². The van der Waals surface area contributed by atoms with Gasteiger partial charge in [0.1, 0.15) is 6.61 Å². The normalized spacial score (nSPS) is 13.4. The van der Waals surface area contributed by atoms with E-state index < -0.39 is 6.10 Å². The molecule has 0 bridgehead atoms. The van der Waals surface area contributed by atoms with Crippen LogP contribution < -0.4 is 0 Å². The molecule has 1 unspecified atom stereocenters. The molecule has 0 spiro atoms. The molecule has 0 amide bonds. The fourth-order valence-electron chi connectivity index (χ4n) is 7.89. The maximum absolute atomic E-state index is 12.3. The number of hydrogen-bond donors (Lipinski definition) is 1. The molecule has 0 aliphatic carbocycles. The number of carbonyl (C=O) groups is 2. The van der Waals surface area contributed by atoms with Gasteiger partial charge in [0.15, 0.2) is 6.10 Å². The van der Waals surface area contributed by atoms with Crippen LogP contribution in [0.5, 0.6) is 0 Å². The fourth-order valence-corrected chi connectivity index (χ4v) is 7.89. The number of rotatable bonds is 53. The van der Waals surface area contributed by atoms with Crippen molar-refractivity contribution in [1.82, 2.24) is 0 Å². The highest BCUT2D eigenvalue weighted by atomic mass is 16.6. The zero-order valence-electron chi connectivity index (χ0n) is 47.5. The Morgan fingerprint density at radius 2 is 0.541 bits per heavy atom. The highest BCUT2D eigenvalue weighted by Crippen LogP contribution is 2.15. The molecule has 0 aliphatic rings. The van der Waals surface area contributed by atoms with Crippen molar-refractivity contribution in [3.05, 3.63) is 158 Å². The van der Waals surface area contributed by atoms with Gasteiger partial charge < -0.3 is 14.6 Å². The van der Waals surface area contributed by atoms with Crippen molar-refractivity contribution in [3.63, 3.8) is 0 Å². The summed E-state index contributed by atoms with van der Waals surface area (Å²) in [7, 11) is 0. The van der Waals surface area contributed by atoms with Crippen LogP contribution in [0.25, 0.3) is 0 Å². The largest absolute Gasteiger partial charge is 0.462 e. The molecular formula is C69H110O5. The molecule has 0 aromatic rings. The standard InChI is InChI=1S/C69H110O5/c1-3-5-7-9-11-13-15-17-19-21-23-25-27-29-31-32-33-34-35-36-38-39-41-43-45-47-49-51-53-55-57-59-61-63-68(71)73-66-67(65-70)74-69(72)64-62-60-58-56-54-52-50-48-46-44-42-40-37-30-28-26-24-22-20-18-16-14-12-10-8-6-4-2/h5-8,11-14,17-20,23-26,29-31,33-34,37,42,44,48,50,67,70H,3-4,9-10,15-16,21-22,27-28,32,35-36,38-41,43,45-47,49,51-66H2,1-2H3/b7-5-,8-6-,13-11-,14-12-,19-17-,20-18-,25-23-,26-24-,31-29-,34-33-,37-30-,44-42-,50-48-. The molecular weight excluding hydrogens is 909 g/mol.